The summed E-state index contributed by atoms with van der Waals surface area (Å²) in [4.78, 5) is 2.27. The molecule has 0 atom stereocenters. The first-order chi connectivity index (χ1) is 13.3. The molecule has 0 saturated carbocycles. The second-order valence-electron chi connectivity index (χ2n) is 6.06. The van der Waals surface area contributed by atoms with Crippen LogP contribution in [-0.2, 0) is 18.9 Å². The smallest absolute Gasteiger partial charge is 0.253 e. The van der Waals surface area contributed by atoms with Gasteiger partial charge in [0.2, 0.25) is 0 Å². The molecule has 0 spiro atoms. The molecule has 1 aromatic rings. The number of likely N-dealkylation sites (N-methyl/N-ethyl adjacent to an activating group) is 1. The van der Waals surface area contributed by atoms with Crippen LogP contribution in [0.2, 0.25) is 0 Å². The van der Waals surface area contributed by atoms with Gasteiger partial charge in [0.05, 0.1) is 58.0 Å². The molecule has 0 aromatic carbocycles. The number of nitrogens with zero attached hydrogens (tertiary/aromatic N) is 3. The Morgan fingerprint density at radius 1 is 0.926 bits per heavy atom. The lowest BCUT2D eigenvalue weighted by Gasteiger charge is -2.22. The summed E-state index contributed by atoms with van der Waals surface area (Å²) in [5, 5.41) is 0. The van der Waals surface area contributed by atoms with Crippen LogP contribution in [0.15, 0.2) is 6.08 Å². The van der Waals surface area contributed by atoms with E-state index in [1.165, 1.54) is 17.3 Å². The summed E-state index contributed by atoms with van der Waals surface area (Å²) in [6.45, 7) is 9.01. The monoisotopic (exact) mass is 401 g/mol. The SMILES string of the molecule is CCOCCOCCOCCOCCOc1nsnc1C1=CCCN(C)C1. The molecule has 0 saturated heterocycles. The third-order valence-electron chi connectivity index (χ3n) is 3.89. The Labute approximate surface area is 165 Å². The highest BCUT2D eigenvalue weighted by Crippen LogP contribution is 2.26. The van der Waals surface area contributed by atoms with Crippen LogP contribution in [0.3, 0.4) is 0 Å². The van der Waals surface area contributed by atoms with Gasteiger partial charge in [-0.1, -0.05) is 6.08 Å². The average Bonchev–Trinajstić information content (AvgIpc) is 3.14. The van der Waals surface area contributed by atoms with E-state index in [-0.39, 0.29) is 0 Å². The van der Waals surface area contributed by atoms with Crippen LogP contribution in [0.5, 0.6) is 5.88 Å². The van der Waals surface area contributed by atoms with Crippen molar-refractivity contribution in [3.8, 4) is 5.88 Å². The summed E-state index contributed by atoms with van der Waals surface area (Å²) in [7, 11) is 2.11. The molecule has 0 bridgehead atoms. The van der Waals surface area contributed by atoms with E-state index in [1.54, 1.807) is 0 Å². The van der Waals surface area contributed by atoms with Crippen molar-refractivity contribution in [1.82, 2.24) is 13.6 Å². The van der Waals surface area contributed by atoms with E-state index in [1.807, 2.05) is 6.92 Å². The normalized spacial score (nSPS) is 15.1. The number of rotatable bonds is 15. The summed E-state index contributed by atoms with van der Waals surface area (Å²) >= 11 is 1.18. The zero-order valence-electron chi connectivity index (χ0n) is 16.4. The molecule has 0 amide bonds. The first kappa shape index (κ1) is 22.2. The maximum Gasteiger partial charge on any atom is 0.253 e. The number of hydrogen-bond donors (Lipinski definition) is 0. The topological polar surface area (TPSA) is 75.2 Å². The van der Waals surface area contributed by atoms with Gasteiger partial charge in [-0.15, -0.1) is 4.37 Å². The molecule has 9 heteroatoms. The van der Waals surface area contributed by atoms with E-state index in [0.717, 1.165) is 31.8 Å². The van der Waals surface area contributed by atoms with Crippen molar-refractivity contribution >= 4 is 17.3 Å². The van der Waals surface area contributed by atoms with Crippen molar-refractivity contribution in [2.75, 3.05) is 79.6 Å². The molecule has 0 unspecified atom stereocenters. The van der Waals surface area contributed by atoms with E-state index < -0.39 is 0 Å². The quantitative estimate of drug-likeness (QED) is 0.411. The number of aromatic nitrogens is 2. The highest BCUT2D eigenvalue weighted by molar-refractivity contribution is 6.99. The summed E-state index contributed by atoms with van der Waals surface area (Å²) in [5.41, 5.74) is 2.05. The minimum atomic E-state index is 0.447. The van der Waals surface area contributed by atoms with Crippen LogP contribution < -0.4 is 4.74 Å². The Hall–Kier alpha value is -1.10. The average molecular weight is 402 g/mol. The summed E-state index contributed by atoms with van der Waals surface area (Å²) in [6, 6.07) is 0. The molecule has 8 nitrogen and oxygen atoms in total. The third kappa shape index (κ3) is 9.09. The minimum absolute atomic E-state index is 0.447. The van der Waals surface area contributed by atoms with E-state index in [0.29, 0.717) is 58.7 Å². The van der Waals surface area contributed by atoms with Crippen molar-refractivity contribution < 1.29 is 23.7 Å². The van der Waals surface area contributed by atoms with Crippen LogP contribution in [0.25, 0.3) is 5.57 Å². The predicted molar refractivity (Wildman–Crippen MR) is 104 cm³/mol. The Morgan fingerprint density at radius 2 is 1.56 bits per heavy atom. The fourth-order valence-electron chi connectivity index (χ4n) is 2.54. The van der Waals surface area contributed by atoms with E-state index in [4.69, 9.17) is 23.7 Å². The Balaban J connectivity index is 1.47. The van der Waals surface area contributed by atoms with Crippen molar-refractivity contribution in [2.24, 2.45) is 0 Å². The molecule has 2 rings (SSSR count). The fourth-order valence-corrected chi connectivity index (χ4v) is 3.07. The molecule has 0 aliphatic carbocycles. The maximum absolute atomic E-state index is 5.74. The largest absolute Gasteiger partial charge is 0.473 e. The van der Waals surface area contributed by atoms with Gasteiger partial charge < -0.3 is 28.6 Å². The molecule has 154 valence electrons. The van der Waals surface area contributed by atoms with Crippen molar-refractivity contribution in [2.45, 2.75) is 13.3 Å². The van der Waals surface area contributed by atoms with E-state index in [2.05, 4.69) is 26.8 Å². The lowest BCUT2D eigenvalue weighted by Crippen LogP contribution is -2.25. The van der Waals surface area contributed by atoms with Gasteiger partial charge in [-0.25, -0.2) is 0 Å². The van der Waals surface area contributed by atoms with Gasteiger partial charge >= 0.3 is 0 Å². The number of hydrogen-bond acceptors (Lipinski definition) is 9. The third-order valence-corrected chi connectivity index (χ3v) is 4.40. The fraction of sp³-hybridized carbons (Fsp3) is 0.778. The van der Waals surface area contributed by atoms with E-state index in [9.17, 15) is 0 Å². The van der Waals surface area contributed by atoms with Crippen LogP contribution >= 0.6 is 11.7 Å². The summed E-state index contributed by atoms with van der Waals surface area (Å²) in [5.74, 6) is 0.602. The van der Waals surface area contributed by atoms with Crippen LogP contribution in [0.4, 0.5) is 0 Å². The van der Waals surface area contributed by atoms with Gasteiger partial charge in [-0.3, -0.25) is 0 Å². The summed E-state index contributed by atoms with van der Waals surface area (Å²) in [6.07, 6.45) is 3.25. The molecule has 0 N–H and O–H groups in total. The van der Waals surface area contributed by atoms with Crippen LogP contribution in [0, 0.1) is 0 Å². The molecule has 1 aromatic heterocycles. The van der Waals surface area contributed by atoms with Crippen molar-refractivity contribution in [1.29, 1.82) is 0 Å². The molecule has 0 radical (unpaired) electrons. The Bertz CT molecular complexity index is 541. The van der Waals surface area contributed by atoms with Crippen molar-refractivity contribution in [3.63, 3.8) is 0 Å². The second-order valence-corrected chi connectivity index (χ2v) is 6.58. The minimum Gasteiger partial charge on any atom is -0.473 e. The van der Waals surface area contributed by atoms with Gasteiger partial charge in [-0.05, 0) is 26.0 Å². The van der Waals surface area contributed by atoms with Crippen molar-refractivity contribution in [3.05, 3.63) is 11.8 Å². The molecular formula is C18H31N3O5S. The molecule has 2 heterocycles. The molecule has 0 fully saturated rings. The maximum atomic E-state index is 5.74. The first-order valence-corrected chi connectivity index (χ1v) is 10.2. The highest BCUT2D eigenvalue weighted by atomic mass is 32.1. The van der Waals surface area contributed by atoms with Gasteiger partial charge in [0.1, 0.15) is 12.3 Å². The molecule has 1 aliphatic heterocycles. The lowest BCUT2D eigenvalue weighted by molar-refractivity contribution is -0.00354. The zero-order chi connectivity index (χ0) is 19.2. The van der Waals surface area contributed by atoms with E-state index >= 15 is 0 Å². The zero-order valence-corrected chi connectivity index (χ0v) is 17.2. The predicted octanol–water partition coefficient (Wildman–Crippen LogP) is 1.72. The molecular weight excluding hydrogens is 370 g/mol. The Morgan fingerprint density at radius 3 is 2.19 bits per heavy atom. The van der Waals surface area contributed by atoms with Gasteiger partial charge in [0.15, 0.2) is 0 Å². The van der Waals surface area contributed by atoms with Gasteiger partial charge in [0.25, 0.3) is 5.88 Å². The standard InChI is InChI=1S/C18H31N3O5S/c1-3-22-7-8-23-9-10-24-11-12-25-13-14-26-18-17(19-27-20-18)16-5-4-6-21(2)15-16/h5H,3-4,6-15H2,1-2H3. The first-order valence-electron chi connectivity index (χ1n) is 9.45. The highest BCUT2D eigenvalue weighted by Gasteiger charge is 2.18. The van der Waals surface area contributed by atoms with Gasteiger partial charge in [0, 0.05) is 19.7 Å². The molecule has 1 aliphatic rings. The summed E-state index contributed by atoms with van der Waals surface area (Å²) < 4.78 is 35.9. The van der Waals surface area contributed by atoms with Crippen LogP contribution in [0.1, 0.15) is 19.0 Å². The second kappa shape index (κ2) is 14.0. The lowest BCUT2D eigenvalue weighted by atomic mass is 10.1. The van der Waals surface area contributed by atoms with Crippen LogP contribution in [-0.4, -0.2) is 93.2 Å². The van der Waals surface area contributed by atoms with Gasteiger partial charge in [-0.2, -0.15) is 4.37 Å². The molecule has 27 heavy (non-hydrogen) atoms. The number of ether oxygens (including phenoxy) is 5. The Kier molecular flexibility index (Phi) is 11.5.